The van der Waals surface area contributed by atoms with Crippen LogP contribution < -0.4 is 9.62 Å². The van der Waals surface area contributed by atoms with E-state index >= 15 is 0 Å². The fourth-order valence-corrected chi connectivity index (χ4v) is 5.34. The quantitative estimate of drug-likeness (QED) is 0.581. The van der Waals surface area contributed by atoms with E-state index in [0.717, 1.165) is 0 Å². The van der Waals surface area contributed by atoms with Gasteiger partial charge in [-0.05, 0) is 35.7 Å². The molecule has 2 aromatic carbocycles. The number of nitrogens with zero attached hydrogens (tertiary/aromatic N) is 2. The number of benzene rings is 2. The maximum Gasteiger partial charge on any atom is 0.264 e. The normalized spacial score (nSPS) is 14.8. The molecule has 160 valence electrons. The highest BCUT2D eigenvalue weighted by Crippen LogP contribution is 2.33. The van der Waals surface area contributed by atoms with Crippen LogP contribution in [0.3, 0.4) is 0 Å². The van der Waals surface area contributed by atoms with E-state index in [4.69, 9.17) is 11.6 Å². The number of sulfonamides is 1. The highest BCUT2D eigenvalue weighted by Gasteiger charge is 2.33. The number of aromatic nitrogens is 1. The van der Waals surface area contributed by atoms with Gasteiger partial charge in [0.15, 0.2) is 5.78 Å². The minimum Gasteiger partial charge on any atom is -0.383 e. The van der Waals surface area contributed by atoms with Crippen molar-refractivity contribution in [2.24, 2.45) is 0 Å². The first-order valence-electron chi connectivity index (χ1n) is 9.96. The molecule has 0 saturated heterocycles. The second-order valence-electron chi connectivity index (χ2n) is 7.49. The smallest absolute Gasteiger partial charge is 0.264 e. The van der Waals surface area contributed by atoms with Crippen LogP contribution >= 0.6 is 11.6 Å². The molecule has 31 heavy (non-hydrogen) atoms. The molecule has 1 aliphatic rings. The van der Waals surface area contributed by atoms with E-state index in [9.17, 15) is 13.2 Å². The molecule has 1 aliphatic heterocycles. The molecule has 4 rings (SSSR count). The summed E-state index contributed by atoms with van der Waals surface area (Å²) in [4.78, 5) is 16.7. The van der Waals surface area contributed by atoms with Crippen LogP contribution in [0.5, 0.6) is 0 Å². The van der Waals surface area contributed by atoms with E-state index in [1.807, 2.05) is 18.2 Å². The Balaban J connectivity index is 1.63. The zero-order valence-electron chi connectivity index (χ0n) is 17.0. The Morgan fingerprint density at radius 1 is 1.13 bits per heavy atom. The molecule has 0 bridgehead atoms. The lowest BCUT2D eigenvalue weighted by molar-refractivity contribution is 0.0977. The van der Waals surface area contributed by atoms with Crippen LogP contribution in [0.4, 0.5) is 11.4 Å². The van der Waals surface area contributed by atoms with E-state index in [1.54, 1.807) is 24.4 Å². The molecule has 1 N–H and O–H groups in total. The molecular formula is C23H22ClN3O3S. The van der Waals surface area contributed by atoms with Gasteiger partial charge in [0.05, 0.1) is 22.5 Å². The van der Waals surface area contributed by atoms with Gasteiger partial charge in [-0.1, -0.05) is 54.9 Å². The molecule has 0 radical (unpaired) electrons. The standard InChI is InChI=1S/C23H22ClN3O3S/c1-16(17-6-3-2-4-7-17)14-25-19-13-21-23(26-15-19)22(28)10-11-27(21)31(29,30)20-9-5-8-18(24)12-20/h2-9,12-13,15-16,25H,10-11,14H2,1H3/t16-/m1/s1. The van der Waals surface area contributed by atoms with Gasteiger partial charge in [-0.3, -0.25) is 9.10 Å². The second-order valence-corrected chi connectivity index (χ2v) is 9.79. The predicted octanol–water partition coefficient (Wildman–Crippen LogP) is 4.73. The minimum absolute atomic E-state index is 0.0617. The molecule has 8 heteroatoms. The molecule has 2 heterocycles. The lowest BCUT2D eigenvalue weighted by Crippen LogP contribution is -2.38. The number of fused-ring (bicyclic) bond motifs is 1. The number of anilines is 2. The van der Waals surface area contributed by atoms with Crippen molar-refractivity contribution in [3.05, 3.63) is 83.1 Å². The molecule has 6 nitrogen and oxygen atoms in total. The fraction of sp³-hybridized carbons (Fsp3) is 0.217. The summed E-state index contributed by atoms with van der Waals surface area (Å²) in [7, 11) is -3.88. The first kappa shape index (κ1) is 21.3. The van der Waals surface area contributed by atoms with Crippen molar-refractivity contribution >= 4 is 38.8 Å². The lowest BCUT2D eigenvalue weighted by atomic mass is 10.0. The van der Waals surface area contributed by atoms with Gasteiger partial charge >= 0.3 is 0 Å². The maximum absolute atomic E-state index is 13.3. The topological polar surface area (TPSA) is 79.4 Å². The summed E-state index contributed by atoms with van der Waals surface area (Å²) in [5.74, 6) is 0.0712. The highest BCUT2D eigenvalue weighted by molar-refractivity contribution is 7.92. The number of nitrogens with one attached hydrogen (secondary N) is 1. The first-order chi connectivity index (χ1) is 14.9. The van der Waals surface area contributed by atoms with Crippen LogP contribution in [0, 0.1) is 0 Å². The number of rotatable bonds is 6. The molecule has 0 aliphatic carbocycles. The van der Waals surface area contributed by atoms with Crippen molar-refractivity contribution < 1.29 is 13.2 Å². The zero-order chi connectivity index (χ0) is 22.0. The summed E-state index contributed by atoms with van der Waals surface area (Å²) in [5, 5.41) is 3.64. The maximum atomic E-state index is 13.3. The van der Waals surface area contributed by atoms with Crippen LogP contribution in [-0.4, -0.2) is 32.3 Å². The molecule has 0 saturated carbocycles. The Morgan fingerprint density at radius 2 is 1.90 bits per heavy atom. The molecule has 0 spiro atoms. The van der Waals surface area contributed by atoms with Gasteiger partial charge in [0.2, 0.25) is 0 Å². The number of Topliss-reactive ketones (excluding diaryl/α,β-unsaturated/α-hetero) is 1. The first-order valence-corrected chi connectivity index (χ1v) is 11.8. The van der Waals surface area contributed by atoms with Gasteiger partial charge in [0.25, 0.3) is 10.0 Å². The lowest BCUT2D eigenvalue weighted by Gasteiger charge is -2.29. The van der Waals surface area contributed by atoms with Crippen LogP contribution in [-0.2, 0) is 10.0 Å². The summed E-state index contributed by atoms with van der Waals surface area (Å²) in [6.07, 6.45) is 1.65. The molecule has 1 aromatic heterocycles. The van der Waals surface area contributed by atoms with E-state index in [0.29, 0.717) is 17.3 Å². The van der Waals surface area contributed by atoms with Crippen LogP contribution in [0.1, 0.15) is 35.3 Å². The molecular weight excluding hydrogens is 434 g/mol. The van der Waals surface area contributed by atoms with Crippen molar-refractivity contribution in [3.63, 3.8) is 0 Å². The van der Waals surface area contributed by atoms with Crippen molar-refractivity contribution in [2.45, 2.75) is 24.2 Å². The highest BCUT2D eigenvalue weighted by atomic mass is 35.5. The van der Waals surface area contributed by atoms with Gasteiger partial charge in [0.1, 0.15) is 5.69 Å². The molecule has 0 fully saturated rings. The fourth-order valence-electron chi connectivity index (χ4n) is 3.57. The molecule has 0 amide bonds. The largest absolute Gasteiger partial charge is 0.383 e. The van der Waals surface area contributed by atoms with E-state index in [1.165, 1.54) is 22.0 Å². The number of hydrogen-bond donors (Lipinski definition) is 1. The Kier molecular flexibility index (Phi) is 5.98. The van der Waals surface area contributed by atoms with Gasteiger partial charge < -0.3 is 5.32 Å². The molecule has 3 aromatic rings. The summed E-state index contributed by atoms with van der Waals surface area (Å²) in [6, 6.07) is 17.9. The van der Waals surface area contributed by atoms with Gasteiger partial charge in [-0.2, -0.15) is 0 Å². The van der Waals surface area contributed by atoms with Crippen molar-refractivity contribution in [2.75, 3.05) is 22.7 Å². The summed E-state index contributed by atoms with van der Waals surface area (Å²) in [5.41, 5.74) is 2.30. The number of carbonyl (C=O) groups is 1. The average molecular weight is 456 g/mol. The Bertz CT molecular complexity index is 1220. The molecule has 1 atom stereocenters. The summed E-state index contributed by atoms with van der Waals surface area (Å²) in [6.45, 7) is 2.80. The molecule has 0 unspecified atom stereocenters. The number of hydrogen-bond acceptors (Lipinski definition) is 5. The SMILES string of the molecule is C[C@H](CNc1cnc2c(c1)N(S(=O)(=O)c1cccc(Cl)c1)CCC2=O)c1ccccc1. The van der Waals surface area contributed by atoms with Gasteiger partial charge in [0, 0.05) is 24.5 Å². The Morgan fingerprint density at radius 3 is 2.65 bits per heavy atom. The predicted molar refractivity (Wildman–Crippen MR) is 123 cm³/mol. The van der Waals surface area contributed by atoms with E-state index in [2.05, 4.69) is 29.4 Å². The number of carbonyl (C=O) groups excluding carboxylic acids is 1. The second kappa shape index (κ2) is 8.69. The minimum atomic E-state index is -3.88. The third-order valence-corrected chi connectivity index (χ3v) is 7.35. The number of ketones is 1. The third kappa shape index (κ3) is 4.43. The van der Waals surface area contributed by atoms with E-state index < -0.39 is 10.0 Å². The zero-order valence-corrected chi connectivity index (χ0v) is 18.5. The van der Waals surface area contributed by atoms with E-state index in [-0.39, 0.29) is 40.9 Å². The summed E-state index contributed by atoms with van der Waals surface area (Å²) < 4.78 is 27.8. The van der Waals surface area contributed by atoms with Crippen molar-refractivity contribution in [1.29, 1.82) is 0 Å². The summed E-state index contributed by atoms with van der Waals surface area (Å²) >= 11 is 6.00. The van der Waals surface area contributed by atoms with Gasteiger partial charge in [-0.15, -0.1) is 0 Å². The van der Waals surface area contributed by atoms with Crippen LogP contribution in [0.2, 0.25) is 5.02 Å². The third-order valence-electron chi connectivity index (χ3n) is 5.31. The Hall–Kier alpha value is -2.90. The van der Waals surface area contributed by atoms with Crippen molar-refractivity contribution in [3.8, 4) is 0 Å². The number of pyridine rings is 1. The average Bonchev–Trinajstić information content (AvgIpc) is 2.78. The van der Waals surface area contributed by atoms with Crippen LogP contribution in [0.15, 0.2) is 71.8 Å². The monoisotopic (exact) mass is 455 g/mol. The number of halogens is 1. The Labute approximate surface area is 186 Å². The van der Waals surface area contributed by atoms with Crippen molar-refractivity contribution in [1.82, 2.24) is 4.98 Å². The van der Waals surface area contributed by atoms with Crippen LogP contribution in [0.25, 0.3) is 0 Å². The van der Waals surface area contributed by atoms with Gasteiger partial charge in [-0.25, -0.2) is 13.4 Å².